The summed E-state index contributed by atoms with van der Waals surface area (Å²) < 4.78 is 37.5. The third kappa shape index (κ3) is 5.04. The van der Waals surface area contributed by atoms with Crippen molar-refractivity contribution in [1.29, 1.82) is 0 Å². The zero-order valence-electron chi connectivity index (χ0n) is 9.24. The first-order valence-corrected chi connectivity index (χ1v) is 6.54. The lowest BCUT2D eigenvalue weighted by Gasteiger charge is -2.20. The van der Waals surface area contributed by atoms with Gasteiger partial charge >= 0.3 is 6.18 Å². The molecule has 0 bridgehead atoms. The highest BCUT2D eigenvalue weighted by Gasteiger charge is 2.30. The largest absolute Gasteiger partial charge is 0.390 e. The summed E-state index contributed by atoms with van der Waals surface area (Å²) in [5.74, 6) is 0. The van der Waals surface area contributed by atoms with E-state index in [1.807, 2.05) is 0 Å². The van der Waals surface area contributed by atoms with E-state index in [0.717, 1.165) is 5.56 Å². The van der Waals surface area contributed by atoms with Gasteiger partial charge in [-0.25, -0.2) is 0 Å². The summed E-state index contributed by atoms with van der Waals surface area (Å²) in [5.41, 5.74) is 0.732. The van der Waals surface area contributed by atoms with Gasteiger partial charge in [-0.1, -0.05) is 23.2 Å². The van der Waals surface area contributed by atoms with Crippen molar-refractivity contribution in [2.75, 3.05) is 0 Å². The molecule has 2 atom stereocenters. The molecule has 2 unspecified atom stereocenters. The fourth-order valence-corrected chi connectivity index (χ4v) is 3.22. The van der Waals surface area contributed by atoms with Crippen LogP contribution < -0.4 is 5.32 Å². The summed E-state index contributed by atoms with van der Waals surface area (Å²) in [6, 6.07) is 0.746. The molecule has 1 rings (SSSR count). The van der Waals surface area contributed by atoms with E-state index in [-0.39, 0.29) is 6.04 Å². The van der Waals surface area contributed by atoms with E-state index in [1.165, 1.54) is 18.3 Å². The lowest BCUT2D eigenvalue weighted by molar-refractivity contribution is -0.139. The SMILES string of the molecule is CC(CC(F)(F)F)NC(C)c1cc(Cl)sc1Cl. The Morgan fingerprint density at radius 1 is 1.35 bits per heavy atom. The van der Waals surface area contributed by atoms with Gasteiger partial charge in [-0.05, 0) is 25.5 Å². The Morgan fingerprint density at radius 2 is 1.94 bits per heavy atom. The fourth-order valence-electron chi connectivity index (χ4n) is 1.57. The predicted molar refractivity (Wildman–Crippen MR) is 66.0 cm³/mol. The average Bonchev–Trinajstić information content (AvgIpc) is 2.41. The molecule has 1 aromatic heterocycles. The quantitative estimate of drug-likeness (QED) is 0.821. The van der Waals surface area contributed by atoms with Crippen LogP contribution in [0.4, 0.5) is 13.2 Å². The van der Waals surface area contributed by atoms with Gasteiger partial charge in [0.2, 0.25) is 0 Å². The zero-order valence-corrected chi connectivity index (χ0v) is 11.6. The van der Waals surface area contributed by atoms with Crippen LogP contribution in [0.15, 0.2) is 6.07 Å². The van der Waals surface area contributed by atoms with Crippen molar-refractivity contribution in [3.05, 3.63) is 20.3 Å². The van der Waals surface area contributed by atoms with E-state index in [4.69, 9.17) is 23.2 Å². The Kier molecular flexibility index (Phi) is 5.13. The first kappa shape index (κ1) is 15.1. The Morgan fingerprint density at radius 3 is 2.35 bits per heavy atom. The van der Waals surface area contributed by atoms with Crippen molar-refractivity contribution >= 4 is 34.5 Å². The van der Waals surface area contributed by atoms with E-state index in [2.05, 4.69) is 5.32 Å². The molecule has 0 fully saturated rings. The Hall–Kier alpha value is 0.0300. The molecule has 1 aromatic rings. The van der Waals surface area contributed by atoms with Gasteiger partial charge in [-0.2, -0.15) is 13.2 Å². The van der Waals surface area contributed by atoms with Crippen LogP contribution in [-0.2, 0) is 0 Å². The van der Waals surface area contributed by atoms with Gasteiger partial charge in [0.25, 0.3) is 0 Å². The monoisotopic (exact) mass is 305 g/mol. The number of rotatable bonds is 4. The van der Waals surface area contributed by atoms with Crippen LogP contribution in [0.3, 0.4) is 0 Å². The normalized spacial score (nSPS) is 15.9. The first-order valence-electron chi connectivity index (χ1n) is 4.96. The van der Waals surface area contributed by atoms with Crippen molar-refractivity contribution in [2.45, 2.75) is 38.5 Å². The highest BCUT2D eigenvalue weighted by Crippen LogP contribution is 2.35. The minimum atomic E-state index is -4.16. The third-order valence-electron chi connectivity index (χ3n) is 2.22. The molecule has 0 amide bonds. The molecule has 17 heavy (non-hydrogen) atoms. The smallest absolute Gasteiger partial charge is 0.307 e. The summed E-state index contributed by atoms with van der Waals surface area (Å²) in [7, 11) is 0. The molecule has 0 aliphatic carbocycles. The third-order valence-corrected chi connectivity index (χ3v) is 3.74. The van der Waals surface area contributed by atoms with Gasteiger partial charge in [0.05, 0.1) is 15.1 Å². The second kappa shape index (κ2) is 5.78. The molecule has 7 heteroatoms. The maximum atomic E-state index is 12.2. The molecule has 0 aliphatic rings. The molecule has 1 heterocycles. The molecule has 0 saturated carbocycles. The van der Waals surface area contributed by atoms with E-state index in [9.17, 15) is 13.2 Å². The van der Waals surface area contributed by atoms with Crippen LogP contribution in [0, 0.1) is 0 Å². The average molecular weight is 306 g/mol. The van der Waals surface area contributed by atoms with E-state index in [1.54, 1.807) is 13.0 Å². The summed E-state index contributed by atoms with van der Waals surface area (Å²) in [5, 5.41) is 2.85. The van der Waals surface area contributed by atoms with E-state index in [0.29, 0.717) is 8.67 Å². The van der Waals surface area contributed by atoms with E-state index < -0.39 is 18.6 Å². The highest BCUT2D eigenvalue weighted by molar-refractivity contribution is 7.20. The summed E-state index contributed by atoms with van der Waals surface area (Å²) in [6.07, 6.45) is -5.03. The minimum absolute atomic E-state index is 0.261. The summed E-state index contributed by atoms with van der Waals surface area (Å²) >= 11 is 12.9. The number of halogens is 5. The molecule has 1 N–H and O–H groups in total. The number of hydrogen-bond acceptors (Lipinski definition) is 2. The molecule has 0 radical (unpaired) electrons. The van der Waals surface area contributed by atoms with Crippen LogP contribution in [0.1, 0.15) is 31.9 Å². The van der Waals surface area contributed by atoms with Gasteiger partial charge in [-0.3, -0.25) is 0 Å². The Balaban J connectivity index is 2.60. The maximum absolute atomic E-state index is 12.2. The number of alkyl halides is 3. The Labute approximate surface area is 112 Å². The Bertz CT molecular complexity index is 378. The van der Waals surface area contributed by atoms with Crippen LogP contribution in [0.2, 0.25) is 8.67 Å². The van der Waals surface area contributed by atoms with Crippen molar-refractivity contribution in [3.63, 3.8) is 0 Å². The van der Waals surface area contributed by atoms with E-state index >= 15 is 0 Å². The van der Waals surface area contributed by atoms with Crippen LogP contribution in [-0.4, -0.2) is 12.2 Å². The van der Waals surface area contributed by atoms with Gasteiger partial charge < -0.3 is 5.32 Å². The van der Waals surface area contributed by atoms with Crippen molar-refractivity contribution in [2.24, 2.45) is 0 Å². The molecule has 1 nitrogen and oxygen atoms in total. The topological polar surface area (TPSA) is 12.0 Å². The molecular weight excluding hydrogens is 294 g/mol. The van der Waals surface area contributed by atoms with Crippen molar-refractivity contribution in [3.8, 4) is 0 Å². The van der Waals surface area contributed by atoms with Crippen LogP contribution >= 0.6 is 34.5 Å². The molecule has 0 saturated heterocycles. The fraction of sp³-hybridized carbons (Fsp3) is 0.600. The second-order valence-corrected chi connectivity index (χ2v) is 6.17. The predicted octanol–water partition coefficient (Wildman–Crippen LogP) is 5.05. The molecular formula is C10H12Cl2F3NS. The highest BCUT2D eigenvalue weighted by atomic mass is 35.5. The zero-order chi connectivity index (χ0) is 13.2. The summed E-state index contributed by atoms with van der Waals surface area (Å²) in [4.78, 5) is 0. The molecule has 98 valence electrons. The van der Waals surface area contributed by atoms with Gasteiger partial charge in [0.1, 0.15) is 0 Å². The lowest BCUT2D eigenvalue weighted by atomic mass is 10.1. The van der Waals surface area contributed by atoms with Gasteiger partial charge in [-0.15, -0.1) is 11.3 Å². The standard InChI is InChI=1S/C10H12Cl2F3NS/c1-5(4-10(13,14)15)16-6(2)7-3-8(11)17-9(7)12/h3,5-6,16H,4H2,1-2H3. The van der Waals surface area contributed by atoms with Crippen LogP contribution in [0.25, 0.3) is 0 Å². The lowest BCUT2D eigenvalue weighted by Crippen LogP contribution is -2.33. The first-order chi connectivity index (χ1) is 7.69. The van der Waals surface area contributed by atoms with Crippen LogP contribution in [0.5, 0.6) is 0 Å². The molecule has 0 aliphatic heterocycles. The summed E-state index contributed by atoms with van der Waals surface area (Å²) in [6.45, 7) is 3.25. The van der Waals surface area contributed by atoms with Crippen molar-refractivity contribution < 1.29 is 13.2 Å². The number of nitrogens with one attached hydrogen (secondary N) is 1. The molecule has 0 aromatic carbocycles. The van der Waals surface area contributed by atoms with Gasteiger partial charge in [0.15, 0.2) is 0 Å². The second-order valence-electron chi connectivity index (χ2n) is 3.89. The number of hydrogen-bond donors (Lipinski definition) is 1. The number of thiophene rings is 1. The van der Waals surface area contributed by atoms with Crippen molar-refractivity contribution in [1.82, 2.24) is 5.32 Å². The maximum Gasteiger partial charge on any atom is 0.390 e. The van der Waals surface area contributed by atoms with Gasteiger partial charge in [0, 0.05) is 12.1 Å². The minimum Gasteiger partial charge on any atom is -0.307 e. The molecule has 0 spiro atoms.